The van der Waals surface area contributed by atoms with E-state index in [-0.39, 0.29) is 17.4 Å². The second-order valence-electron chi connectivity index (χ2n) is 12.0. The Morgan fingerprint density at radius 2 is 2.02 bits per heavy atom. The molecule has 0 radical (unpaired) electrons. The molecule has 4 atom stereocenters. The van der Waals surface area contributed by atoms with Gasteiger partial charge in [-0.15, -0.1) is 0 Å². The first-order valence-electron chi connectivity index (χ1n) is 14.4. The van der Waals surface area contributed by atoms with Gasteiger partial charge in [-0.25, -0.2) is 13.1 Å². The van der Waals surface area contributed by atoms with Crippen molar-refractivity contribution in [3.63, 3.8) is 0 Å². The molecule has 5 aliphatic rings. The molecular formula is C31H37ClN2O5S. The van der Waals surface area contributed by atoms with Crippen molar-refractivity contribution >= 4 is 27.5 Å². The lowest BCUT2D eigenvalue weighted by Gasteiger charge is -2.48. The van der Waals surface area contributed by atoms with Crippen molar-refractivity contribution in [1.29, 1.82) is 0 Å². The zero-order chi connectivity index (χ0) is 27.9. The van der Waals surface area contributed by atoms with Gasteiger partial charge in [-0.3, -0.25) is 4.79 Å². The summed E-state index contributed by atoms with van der Waals surface area (Å²) in [7, 11) is -4.04. The van der Waals surface area contributed by atoms with Crippen molar-refractivity contribution in [2.45, 2.75) is 62.0 Å². The van der Waals surface area contributed by atoms with E-state index in [2.05, 4.69) is 27.8 Å². The zero-order valence-electron chi connectivity index (χ0n) is 22.6. The third kappa shape index (κ3) is 5.26. The van der Waals surface area contributed by atoms with Gasteiger partial charge in [0.2, 0.25) is 10.0 Å². The van der Waals surface area contributed by atoms with E-state index in [1.165, 1.54) is 24.0 Å². The Morgan fingerprint density at radius 1 is 1.18 bits per heavy atom. The minimum atomic E-state index is -4.04. The van der Waals surface area contributed by atoms with E-state index in [9.17, 15) is 18.3 Å². The monoisotopic (exact) mass is 584 g/mol. The van der Waals surface area contributed by atoms with E-state index in [4.69, 9.17) is 16.3 Å². The van der Waals surface area contributed by atoms with E-state index in [1.807, 2.05) is 12.1 Å². The number of hydrogen-bond acceptors (Lipinski definition) is 6. The van der Waals surface area contributed by atoms with Crippen LogP contribution in [0.5, 0.6) is 0 Å². The average Bonchev–Trinajstić information content (AvgIpc) is 2.93. The third-order valence-corrected chi connectivity index (χ3v) is 11.5. The van der Waals surface area contributed by atoms with Gasteiger partial charge in [0, 0.05) is 34.8 Å². The van der Waals surface area contributed by atoms with Crippen LogP contribution in [0.3, 0.4) is 0 Å². The summed E-state index contributed by atoms with van der Waals surface area (Å²) in [5.41, 5.74) is 4.52. The number of hydrogen-bond donors (Lipinski definition) is 2. The van der Waals surface area contributed by atoms with E-state index in [1.54, 1.807) is 18.4 Å². The van der Waals surface area contributed by atoms with Gasteiger partial charge in [0.1, 0.15) is 5.25 Å². The van der Waals surface area contributed by atoms with Gasteiger partial charge in [-0.1, -0.05) is 23.7 Å². The van der Waals surface area contributed by atoms with Crippen LogP contribution in [0.2, 0.25) is 5.02 Å². The van der Waals surface area contributed by atoms with E-state index in [0.29, 0.717) is 24.9 Å². The summed E-state index contributed by atoms with van der Waals surface area (Å²) < 4.78 is 34.3. The van der Waals surface area contributed by atoms with Crippen molar-refractivity contribution in [2.24, 2.45) is 11.8 Å². The molecule has 3 heterocycles. The molecule has 2 aliphatic carbocycles. The largest absolute Gasteiger partial charge is 0.500 e. The molecule has 0 aromatic heterocycles. The Labute approximate surface area is 241 Å². The first-order chi connectivity index (χ1) is 19.3. The van der Waals surface area contributed by atoms with Crippen LogP contribution in [-0.2, 0) is 31.4 Å². The molecule has 1 aromatic rings. The minimum Gasteiger partial charge on any atom is -0.500 e. The molecule has 7 nitrogen and oxygen atoms in total. The number of rotatable bonds is 1. The van der Waals surface area contributed by atoms with Crippen molar-refractivity contribution < 1.29 is 23.1 Å². The molecular weight excluding hydrogens is 548 g/mol. The van der Waals surface area contributed by atoms with Crippen molar-refractivity contribution in [3.8, 4) is 0 Å². The van der Waals surface area contributed by atoms with Gasteiger partial charge in [0.15, 0.2) is 0 Å². The van der Waals surface area contributed by atoms with Crippen LogP contribution in [0.1, 0.15) is 56.1 Å². The molecule has 40 heavy (non-hydrogen) atoms. The van der Waals surface area contributed by atoms with Crippen molar-refractivity contribution in [2.75, 3.05) is 26.3 Å². The number of fused-ring (bicyclic) bond motifs is 4. The Morgan fingerprint density at radius 3 is 2.83 bits per heavy atom. The smallest absolute Gasteiger partial charge is 0.264 e. The number of nitrogens with one attached hydrogen (secondary N) is 1. The first-order valence-corrected chi connectivity index (χ1v) is 16.3. The number of nitrogens with zero attached hydrogens (tertiary/aromatic N) is 1. The number of aryl methyl sites for hydroxylation is 1. The summed E-state index contributed by atoms with van der Waals surface area (Å²) in [5, 5.41) is 9.65. The fourth-order valence-electron chi connectivity index (χ4n) is 7.17. The standard InChI is InChI=1S/C31H37ClN2O5S/c32-26-10-12-28-23(15-26)3-1-13-31(28)19-34-17-25-8-6-21(25)5-7-22-9-11-27(18-35)40(37,38)33-30(36)24(16-29(22)34)4-2-14-39-20-31/h2,4,7,10,12,14-16,21,25,27,35H,1,3,5-6,8-9,11,13,17-20H2,(H,33,36)/t21-,25+,27+,31+/m1/s1. The fraction of sp³-hybridized carbons (Fsp3) is 0.516. The lowest BCUT2D eigenvalue weighted by Crippen LogP contribution is -2.49. The third-order valence-electron chi connectivity index (χ3n) is 9.58. The van der Waals surface area contributed by atoms with Crippen LogP contribution in [0, 0.1) is 11.8 Å². The number of aliphatic hydroxyl groups excluding tert-OH is 1. The molecule has 2 N–H and O–H groups in total. The molecule has 1 amide bonds. The first kappa shape index (κ1) is 27.6. The summed E-state index contributed by atoms with van der Waals surface area (Å²) >= 11 is 6.41. The second kappa shape index (κ2) is 11.0. The van der Waals surface area contributed by atoms with Crippen LogP contribution < -0.4 is 4.72 Å². The Balaban J connectivity index is 1.51. The highest BCUT2D eigenvalue weighted by Crippen LogP contribution is 2.45. The van der Waals surface area contributed by atoms with E-state index < -0.39 is 27.8 Å². The van der Waals surface area contributed by atoms with Gasteiger partial charge in [0.05, 0.1) is 19.5 Å². The number of amides is 1. The maximum atomic E-state index is 13.4. The Kier molecular flexibility index (Phi) is 7.61. The number of halogens is 1. The molecule has 0 saturated heterocycles. The molecule has 2 bridgehead atoms. The van der Waals surface area contributed by atoms with Crippen LogP contribution in [0.25, 0.3) is 0 Å². The van der Waals surface area contributed by atoms with Crippen molar-refractivity contribution in [1.82, 2.24) is 9.62 Å². The van der Waals surface area contributed by atoms with Crippen molar-refractivity contribution in [3.05, 3.63) is 81.8 Å². The highest BCUT2D eigenvalue weighted by atomic mass is 35.5. The van der Waals surface area contributed by atoms with Gasteiger partial charge in [-0.2, -0.15) is 0 Å². The minimum absolute atomic E-state index is 0.235. The predicted molar refractivity (Wildman–Crippen MR) is 155 cm³/mol. The molecule has 1 saturated carbocycles. The maximum absolute atomic E-state index is 13.4. The predicted octanol–water partition coefficient (Wildman–Crippen LogP) is 4.53. The molecule has 1 spiro atoms. The summed E-state index contributed by atoms with van der Waals surface area (Å²) in [6.07, 6.45) is 16.0. The number of benzene rings is 1. The Bertz CT molecular complexity index is 1410. The summed E-state index contributed by atoms with van der Waals surface area (Å²) in [6, 6.07) is 6.21. The van der Waals surface area contributed by atoms with Crippen LogP contribution >= 0.6 is 11.6 Å². The summed E-state index contributed by atoms with van der Waals surface area (Å²) in [4.78, 5) is 15.8. The highest BCUT2D eigenvalue weighted by molar-refractivity contribution is 7.90. The zero-order valence-corrected chi connectivity index (χ0v) is 24.2. The number of carbonyl (C=O) groups is 1. The molecule has 1 fully saturated rings. The quantitative estimate of drug-likeness (QED) is 0.504. The van der Waals surface area contributed by atoms with Crippen LogP contribution in [-0.4, -0.2) is 55.9 Å². The molecule has 6 rings (SSSR count). The number of aliphatic hydroxyl groups is 1. The molecule has 3 aliphatic heterocycles. The summed E-state index contributed by atoms with van der Waals surface area (Å²) in [6.45, 7) is 1.55. The summed E-state index contributed by atoms with van der Waals surface area (Å²) in [5.74, 6) is 0.465. The molecule has 0 unspecified atom stereocenters. The lowest BCUT2D eigenvalue weighted by atomic mass is 9.68. The van der Waals surface area contributed by atoms with Gasteiger partial charge in [0.25, 0.3) is 5.91 Å². The average molecular weight is 585 g/mol. The number of ether oxygens (including phenoxy) is 1. The molecule has 9 heteroatoms. The van der Waals surface area contributed by atoms with Gasteiger partial charge in [-0.05, 0) is 110 Å². The normalized spacial score (nSPS) is 31.8. The lowest BCUT2D eigenvalue weighted by molar-refractivity contribution is -0.115. The second-order valence-corrected chi connectivity index (χ2v) is 14.4. The topological polar surface area (TPSA) is 95.9 Å². The SMILES string of the molecule is O=C1NS(=O)(=O)[C@H](CO)CCC2=CC[C@@H]3CC[C@H]3CN3C[C@@]4(CCCc5cc(Cl)ccc54)COC=CC=C1C=C23. The van der Waals surface area contributed by atoms with Gasteiger partial charge >= 0.3 is 0 Å². The Hall–Kier alpha value is -2.55. The number of allylic oxidation sites excluding steroid dienone is 4. The highest BCUT2D eigenvalue weighted by Gasteiger charge is 2.43. The number of sulfonamides is 1. The van der Waals surface area contributed by atoms with Crippen LogP contribution in [0.4, 0.5) is 0 Å². The van der Waals surface area contributed by atoms with E-state index in [0.717, 1.165) is 55.1 Å². The van der Waals surface area contributed by atoms with Gasteiger partial charge < -0.3 is 14.7 Å². The molecule has 1 aromatic carbocycles. The van der Waals surface area contributed by atoms with E-state index >= 15 is 0 Å². The maximum Gasteiger partial charge on any atom is 0.264 e. The number of carbonyl (C=O) groups excluding carboxylic acids is 1. The molecule has 214 valence electrons. The van der Waals surface area contributed by atoms with Crippen LogP contribution in [0.15, 0.2) is 65.6 Å². The fourth-order valence-corrected chi connectivity index (χ4v) is 8.54.